The Balaban J connectivity index is 1.46. The molecule has 8 atom stereocenters. The predicted octanol–water partition coefficient (Wildman–Crippen LogP) is 7.57. The first-order valence-electron chi connectivity index (χ1n) is 13.6. The summed E-state index contributed by atoms with van der Waals surface area (Å²) < 4.78 is 5.53. The first kappa shape index (κ1) is 23.9. The van der Waals surface area contributed by atoms with Gasteiger partial charge in [0.25, 0.3) is 0 Å². The highest BCUT2D eigenvalue weighted by atomic mass is 16.5. The largest absolute Gasteiger partial charge is 0.452 e. The molecule has 0 aromatic carbocycles. The van der Waals surface area contributed by atoms with E-state index in [1.165, 1.54) is 51.4 Å². The van der Waals surface area contributed by atoms with Crippen LogP contribution in [-0.4, -0.2) is 12.1 Å². The molecule has 0 unspecified atom stereocenters. The standard InChI is InChI=1S/C30H46O2/c1-7-28(31)32-23-15-17-29(5)22(19-23)11-12-24-26-14-13-25(21(4)10-8-9-20(2)3)30(26,6)18-16-27(24)29/h1,11,20-21,23-27H,8-10,12-19H2,2-6H3/t21-,23+,24+,25-,26+,27+,29+,30-/m1/s1. The first-order chi connectivity index (χ1) is 15.2. The molecule has 0 radical (unpaired) electrons. The van der Waals surface area contributed by atoms with Crippen molar-refractivity contribution in [2.24, 2.45) is 46.3 Å². The van der Waals surface area contributed by atoms with Gasteiger partial charge in [0.2, 0.25) is 0 Å². The lowest BCUT2D eigenvalue weighted by molar-refractivity contribution is -0.144. The van der Waals surface area contributed by atoms with E-state index < -0.39 is 5.97 Å². The van der Waals surface area contributed by atoms with Gasteiger partial charge in [-0.25, -0.2) is 4.79 Å². The Morgan fingerprint density at radius 3 is 2.62 bits per heavy atom. The Kier molecular flexibility index (Phi) is 6.87. The number of ether oxygens (including phenoxy) is 1. The maximum Gasteiger partial charge on any atom is 0.384 e. The van der Waals surface area contributed by atoms with Gasteiger partial charge in [0.15, 0.2) is 0 Å². The van der Waals surface area contributed by atoms with Crippen LogP contribution < -0.4 is 0 Å². The van der Waals surface area contributed by atoms with Crippen molar-refractivity contribution in [3.63, 3.8) is 0 Å². The monoisotopic (exact) mass is 438 g/mol. The molecule has 0 aliphatic heterocycles. The number of rotatable bonds is 6. The van der Waals surface area contributed by atoms with Crippen LogP contribution in [0.2, 0.25) is 0 Å². The molecule has 0 aromatic heterocycles. The summed E-state index contributed by atoms with van der Waals surface area (Å²) in [4.78, 5) is 11.6. The molecule has 3 saturated carbocycles. The summed E-state index contributed by atoms with van der Waals surface area (Å²) in [6, 6.07) is 0. The average molecular weight is 439 g/mol. The highest BCUT2D eigenvalue weighted by Crippen LogP contribution is 2.67. The van der Waals surface area contributed by atoms with Gasteiger partial charge in [0.05, 0.1) is 0 Å². The first-order valence-corrected chi connectivity index (χ1v) is 13.6. The summed E-state index contributed by atoms with van der Waals surface area (Å²) >= 11 is 0. The van der Waals surface area contributed by atoms with Gasteiger partial charge in [-0.2, -0.15) is 0 Å². The van der Waals surface area contributed by atoms with Crippen LogP contribution in [0.25, 0.3) is 0 Å². The van der Waals surface area contributed by atoms with Crippen molar-refractivity contribution in [2.75, 3.05) is 0 Å². The van der Waals surface area contributed by atoms with E-state index in [0.29, 0.717) is 10.8 Å². The summed E-state index contributed by atoms with van der Waals surface area (Å²) in [6.45, 7) is 12.5. The lowest BCUT2D eigenvalue weighted by atomic mass is 9.47. The molecule has 0 N–H and O–H groups in total. The lowest BCUT2D eigenvalue weighted by Crippen LogP contribution is -2.51. The van der Waals surface area contributed by atoms with Gasteiger partial charge >= 0.3 is 5.97 Å². The number of allylic oxidation sites excluding steroid dienone is 1. The fraction of sp³-hybridized carbons (Fsp3) is 0.833. The van der Waals surface area contributed by atoms with Gasteiger partial charge in [-0.05, 0) is 91.3 Å². The van der Waals surface area contributed by atoms with Crippen LogP contribution in [0, 0.1) is 58.7 Å². The van der Waals surface area contributed by atoms with Crippen molar-refractivity contribution in [3.8, 4) is 12.3 Å². The lowest BCUT2D eigenvalue weighted by Gasteiger charge is -2.58. The van der Waals surface area contributed by atoms with Crippen molar-refractivity contribution in [1.82, 2.24) is 0 Å². The van der Waals surface area contributed by atoms with Crippen molar-refractivity contribution < 1.29 is 9.53 Å². The molecule has 0 spiro atoms. The minimum atomic E-state index is -0.499. The molecule has 2 heteroatoms. The number of carbonyl (C=O) groups excluding carboxylic acids is 1. The molecule has 2 nitrogen and oxygen atoms in total. The van der Waals surface area contributed by atoms with Crippen LogP contribution >= 0.6 is 0 Å². The van der Waals surface area contributed by atoms with E-state index in [1.54, 1.807) is 5.57 Å². The normalized spacial score (nSPS) is 41.7. The molecule has 0 aromatic rings. The van der Waals surface area contributed by atoms with Gasteiger partial charge in [0, 0.05) is 12.3 Å². The minimum Gasteiger partial charge on any atom is -0.452 e. The van der Waals surface area contributed by atoms with E-state index >= 15 is 0 Å². The zero-order valence-electron chi connectivity index (χ0n) is 21.3. The van der Waals surface area contributed by atoms with Crippen LogP contribution in [0.1, 0.15) is 105 Å². The summed E-state index contributed by atoms with van der Waals surface area (Å²) in [5.41, 5.74) is 2.39. The molecule has 0 amide bonds. The summed E-state index contributed by atoms with van der Waals surface area (Å²) in [5.74, 6) is 6.78. The number of hydrogen-bond donors (Lipinski definition) is 0. The quantitative estimate of drug-likeness (QED) is 0.185. The summed E-state index contributed by atoms with van der Waals surface area (Å²) in [5, 5.41) is 0. The van der Waals surface area contributed by atoms with Gasteiger partial charge in [-0.3, -0.25) is 0 Å². The minimum absolute atomic E-state index is 0.0224. The fourth-order valence-corrected chi connectivity index (χ4v) is 8.94. The van der Waals surface area contributed by atoms with Gasteiger partial charge in [-0.15, -0.1) is 6.42 Å². The van der Waals surface area contributed by atoms with E-state index in [-0.39, 0.29) is 6.10 Å². The molecule has 0 bridgehead atoms. The second-order valence-electron chi connectivity index (χ2n) is 12.7. The molecular weight excluding hydrogens is 392 g/mol. The van der Waals surface area contributed by atoms with Crippen molar-refractivity contribution in [3.05, 3.63) is 11.6 Å². The topological polar surface area (TPSA) is 26.3 Å². The number of fused-ring (bicyclic) bond motifs is 5. The van der Waals surface area contributed by atoms with E-state index in [2.05, 4.69) is 46.6 Å². The molecule has 4 aliphatic rings. The molecule has 178 valence electrons. The Labute approximate surface area is 197 Å². The van der Waals surface area contributed by atoms with Crippen LogP contribution in [-0.2, 0) is 9.53 Å². The van der Waals surface area contributed by atoms with E-state index in [4.69, 9.17) is 11.2 Å². The SMILES string of the molecule is C#CC(=O)O[C@H]1CC[C@@]2(C)C(=CC[C@H]3[C@@H]4CC[C@H]([C@H](C)CCCC(C)C)[C@@]4(C)CC[C@@H]32)C1. The molecule has 3 fully saturated rings. The van der Waals surface area contributed by atoms with E-state index in [0.717, 1.165) is 54.8 Å². The van der Waals surface area contributed by atoms with Crippen molar-refractivity contribution in [2.45, 2.75) is 111 Å². The maximum atomic E-state index is 11.6. The summed E-state index contributed by atoms with van der Waals surface area (Å²) in [6.07, 6.45) is 21.9. The second kappa shape index (κ2) is 9.19. The molecule has 4 rings (SSSR count). The van der Waals surface area contributed by atoms with E-state index in [1.807, 2.05) is 0 Å². The Hall–Kier alpha value is -1.23. The van der Waals surface area contributed by atoms with Gasteiger partial charge in [-0.1, -0.05) is 65.5 Å². The van der Waals surface area contributed by atoms with Crippen LogP contribution in [0.5, 0.6) is 0 Å². The van der Waals surface area contributed by atoms with Gasteiger partial charge < -0.3 is 4.74 Å². The Morgan fingerprint density at radius 1 is 1.12 bits per heavy atom. The predicted molar refractivity (Wildman–Crippen MR) is 132 cm³/mol. The Bertz CT molecular complexity index is 772. The number of hydrogen-bond acceptors (Lipinski definition) is 2. The maximum absolute atomic E-state index is 11.6. The highest BCUT2D eigenvalue weighted by Gasteiger charge is 2.59. The second-order valence-corrected chi connectivity index (χ2v) is 12.7. The third-order valence-corrected chi connectivity index (χ3v) is 10.7. The third kappa shape index (κ3) is 4.19. The third-order valence-electron chi connectivity index (χ3n) is 10.7. The van der Waals surface area contributed by atoms with Crippen molar-refractivity contribution >= 4 is 5.97 Å². The summed E-state index contributed by atoms with van der Waals surface area (Å²) in [7, 11) is 0. The van der Waals surface area contributed by atoms with E-state index in [9.17, 15) is 4.79 Å². The number of esters is 1. The zero-order valence-corrected chi connectivity index (χ0v) is 21.3. The average Bonchev–Trinajstić information content (AvgIpc) is 3.11. The number of carbonyl (C=O) groups is 1. The zero-order chi connectivity index (χ0) is 23.1. The molecule has 4 aliphatic carbocycles. The van der Waals surface area contributed by atoms with Crippen LogP contribution in [0.4, 0.5) is 0 Å². The van der Waals surface area contributed by atoms with Crippen LogP contribution in [0.3, 0.4) is 0 Å². The molecule has 0 saturated heterocycles. The van der Waals surface area contributed by atoms with Gasteiger partial charge in [0.1, 0.15) is 6.10 Å². The molecular formula is C30H46O2. The highest BCUT2D eigenvalue weighted by molar-refractivity contribution is 5.87. The van der Waals surface area contributed by atoms with Crippen LogP contribution in [0.15, 0.2) is 11.6 Å². The number of terminal acetylenes is 1. The van der Waals surface area contributed by atoms with Crippen molar-refractivity contribution in [1.29, 1.82) is 0 Å². The molecule has 0 heterocycles. The molecule has 32 heavy (non-hydrogen) atoms. The fourth-order valence-electron chi connectivity index (χ4n) is 8.94. The Morgan fingerprint density at radius 2 is 1.91 bits per heavy atom. The smallest absolute Gasteiger partial charge is 0.384 e.